The van der Waals surface area contributed by atoms with E-state index >= 15 is 0 Å². The number of rotatable bonds is 3. The Bertz CT molecular complexity index is 37.9. The largest absolute Gasteiger partial charge is 0.346 e. The van der Waals surface area contributed by atoms with Crippen molar-refractivity contribution in [3.8, 4) is 0 Å². The van der Waals surface area contributed by atoms with Gasteiger partial charge in [0.15, 0.2) is 0 Å². The molecule has 0 bridgehead atoms. The predicted octanol–water partition coefficient (Wildman–Crippen LogP) is -0.241. The number of aliphatic hydroxyl groups excluding tert-OH is 1. The minimum Gasteiger partial charge on any atom is -0.346 e. The zero-order valence-corrected chi connectivity index (χ0v) is 4.26. The summed E-state index contributed by atoms with van der Waals surface area (Å²) in [7, 11) is 1.35. The van der Waals surface area contributed by atoms with Crippen molar-refractivity contribution < 1.29 is 14.6 Å². The normalized spacial score (nSPS) is 14.1. The molecule has 0 heterocycles. The van der Waals surface area contributed by atoms with Gasteiger partial charge in [0.05, 0.1) is 6.61 Å². The standard InChI is InChI=1S/C4H9O3/c1-3-7-4(5)6-2/h4-5H,1,3H2,2H3. The molecule has 0 spiro atoms. The van der Waals surface area contributed by atoms with Crippen LogP contribution in [0.4, 0.5) is 0 Å². The van der Waals surface area contributed by atoms with E-state index in [9.17, 15) is 0 Å². The monoisotopic (exact) mass is 105 g/mol. The van der Waals surface area contributed by atoms with Crippen molar-refractivity contribution in [2.75, 3.05) is 13.7 Å². The van der Waals surface area contributed by atoms with Crippen LogP contribution < -0.4 is 0 Å². The number of methoxy groups -OCH3 is 1. The lowest BCUT2D eigenvalue weighted by Crippen LogP contribution is -2.13. The van der Waals surface area contributed by atoms with Gasteiger partial charge in [0.2, 0.25) is 0 Å². The van der Waals surface area contributed by atoms with Gasteiger partial charge in [-0.15, -0.1) is 0 Å². The van der Waals surface area contributed by atoms with Crippen LogP contribution in [0.15, 0.2) is 0 Å². The molecule has 0 aromatic heterocycles. The number of ether oxygens (including phenoxy) is 2. The molecular weight excluding hydrogens is 96.0 g/mol. The number of aliphatic hydroxyl groups is 1. The lowest BCUT2D eigenvalue weighted by Gasteiger charge is -2.05. The van der Waals surface area contributed by atoms with Crippen LogP contribution in [0.25, 0.3) is 0 Å². The molecular formula is C4H9O3. The third kappa shape index (κ3) is 3.72. The Morgan fingerprint density at radius 2 is 2.43 bits per heavy atom. The van der Waals surface area contributed by atoms with Gasteiger partial charge in [0, 0.05) is 7.11 Å². The van der Waals surface area contributed by atoms with Gasteiger partial charge < -0.3 is 14.6 Å². The third-order valence-electron chi connectivity index (χ3n) is 0.462. The quantitative estimate of drug-likeness (QED) is 0.503. The van der Waals surface area contributed by atoms with Gasteiger partial charge in [-0.1, -0.05) is 0 Å². The van der Waals surface area contributed by atoms with Gasteiger partial charge in [-0.25, -0.2) is 0 Å². The molecule has 1 N–H and O–H groups in total. The van der Waals surface area contributed by atoms with Crippen molar-refractivity contribution >= 4 is 0 Å². The van der Waals surface area contributed by atoms with Crippen molar-refractivity contribution in [1.29, 1.82) is 0 Å². The summed E-state index contributed by atoms with van der Waals surface area (Å²) in [5.74, 6) is 0. The molecule has 1 radical (unpaired) electrons. The molecule has 0 aliphatic heterocycles. The maximum atomic E-state index is 8.37. The van der Waals surface area contributed by atoms with Crippen molar-refractivity contribution in [3.05, 3.63) is 6.92 Å². The zero-order valence-electron chi connectivity index (χ0n) is 4.26. The van der Waals surface area contributed by atoms with Crippen molar-refractivity contribution in [1.82, 2.24) is 0 Å². The molecule has 0 aromatic carbocycles. The van der Waals surface area contributed by atoms with Crippen LogP contribution in [0.3, 0.4) is 0 Å². The highest BCUT2D eigenvalue weighted by atomic mass is 16.8. The van der Waals surface area contributed by atoms with E-state index in [-0.39, 0.29) is 6.61 Å². The molecule has 7 heavy (non-hydrogen) atoms. The summed E-state index contributed by atoms with van der Waals surface area (Å²) in [5.41, 5.74) is 0. The van der Waals surface area contributed by atoms with Crippen LogP contribution in [0.1, 0.15) is 0 Å². The molecule has 0 fully saturated rings. The van der Waals surface area contributed by atoms with E-state index in [2.05, 4.69) is 16.4 Å². The highest BCUT2D eigenvalue weighted by Crippen LogP contribution is 1.82. The summed E-state index contributed by atoms with van der Waals surface area (Å²) in [4.78, 5) is 0. The van der Waals surface area contributed by atoms with Crippen LogP contribution in [0, 0.1) is 6.92 Å². The Labute approximate surface area is 42.9 Å². The lowest BCUT2D eigenvalue weighted by atomic mass is 10.9. The molecule has 0 aliphatic carbocycles. The minimum atomic E-state index is -1.11. The molecule has 0 aromatic rings. The first-order valence-corrected chi connectivity index (χ1v) is 1.93. The highest BCUT2D eigenvalue weighted by Gasteiger charge is 1.94. The molecule has 43 valence electrons. The van der Waals surface area contributed by atoms with Crippen LogP contribution in [0.5, 0.6) is 0 Å². The number of hydrogen-bond donors (Lipinski definition) is 1. The van der Waals surface area contributed by atoms with E-state index in [1.807, 2.05) is 0 Å². The van der Waals surface area contributed by atoms with E-state index in [1.165, 1.54) is 7.11 Å². The van der Waals surface area contributed by atoms with Crippen LogP contribution in [-0.4, -0.2) is 25.3 Å². The average molecular weight is 105 g/mol. The van der Waals surface area contributed by atoms with Gasteiger partial charge in [-0.05, 0) is 6.92 Å². The Kier molecular flexibility index (Phi) is 3.98. The summed E-state index contributed by atoms with van der Waals surface area (Å²) in [6.45, 7) is 2.42. The minimum absolute atomic E-state index is 0.217. The summed E-state index contributed by atoms with van der Waals surface area (Å²) < 4.78 is 8.70. The van der Waals surface area contributed by atoms with E-state index < -0.39 is 6.48 Å². The van der Waals surface area contributed by atoms with Crippen LogP contribution >= 0.6 is 0 Å². The topological polar surface area (TPSA) is 38.7 Å². The second-order valence-electron chi connectivity index (χ2n) is 0.914. The van der Waals surface area contributed by atoms with E-state index in [0.717, 1.165) is 0 Å². The Morgan fingerprint density at radius 3 is 2.57 bits per heavy atom. The first-order chi connectivity index (χ1) is 3.31. The Hall–Kier alpha value is -0.120. The first kappa shape index (κ1) is 6.88. The molecule has 3 nitrogen and oxygen atoms in total. The summed E-state index contributed by atoms with van der Waals surface area (Å²) >= 11 is 0. The Morgan fingerprint density at radius 1 is 1.86 bits per heavy atom. The summed E-state index contributed by atoms with van der Waals surface area (Å²) in [6, 6.07) is 0. The molecule has 3 heteroatoms. The van der Waals surface area contributed by atoms with Crippen LogP contribution in [0.2, 0.25) is 0 Å². The smallest absolute Gasteiger partial charge is 0.268 e. The van der Waals surface area contributed by atoms with Crippen molar-refractivity contribution in [2.24, 2.45) is 0 Å². The molecule has 1 atom stereocenters. The number of hydrogen-bond acceptors (Lipinski definition) is 3. The molecule has 1 unspecified atom stereocenters. The average Bonchev–Trinajstić information content (AvgIpc) is 1.68. The van der Waals surface area contributed by atoms with Crippen molar-refractivity contribution in [3.63, 3.8) is 0 Å². The van der Waals surface area contributed by atoms with E-state index in [1.54, 1.807) is 0 Å². The second kappa shape index (κ2) is 4.05. The van der Waals surface area contributed by atoms with E-state index in [0.29, 0.717) is 0 Å². The summed E-state index contributed by atoms with van der Waals surface area (Å²) in [5, 5.41) is 8.37. The fraction of sp³-hybridized carbons (Fsp3) is 0.750. The SMILES string of the molecule is [CH2]COC(O)OC. The van der Waals surface area contributed by atoms with Gasteiger partial charge in [-0.3, -0.25) is 0 Å². The van der Waals surface area contributed by atoms with Gasteiger partial charge >= 0.3 is 0 Å². The fourth-order valence-electron chi connectivity index (χ4n) is 0.169. The molecule has 0 saturated carbocycles. The summed E-state index contributed by atoms with van der Waals surface area (Å²) in [6.07, 6.45) is 0. The maximum absolute atomic E-state index is 8.37. The highest BCUT2D eigenvalue weighted by molar-refractivity contribution is 4.26. The molecule has 0 saturated heterocycles. The van der Waals surface area contributed by atoms with Gasteiger partial charge in [-0.2, -0.15) is 0 Å². The predicted molar refractivity (Wildman–Crippen MR) is 24.3 cm³/mol. The third-order valence-corrected chi connectivity index (χ3v) is 0.462. The zero-order chi connectivity index (χ0) is 5.70. The first-order valence-electron chi connectivity index (χ1n) is 1.93. The fourth-order valence-corrected chi connectivity index (χ4v) is 0.169. The lowest BCUT2D eigenvalue weighted by molar-refractivity contribution is -0.245. The van der Waals surface area contributed by atoms with Crippen molar-refractivity contribution in [2.45, 2.75) is 6.48 Å². The van der Waals surface area contributed by atoms with Gasteiger partial charge in [0.1, 0.15) is 0 Å². The van der Waals surface area contributed by atoms with Crippen LogP contribution in [-0.2, 0) is 9.47 Å². The Balaban J connectivity index is 2.83. The maximum Gasteiger partial charge on any atom is 0.268 e. The molecule has 0 amide bonds. The van der Waals surface area contributed by atoms with Gasteiger partial charge in [0.25, 0.3) is 6.48 Å². The van der Waals surface area contributed by atoms with E-state index in [4.69, 9.17) is 5.11 Å². The molecule has 0 rings (SSSR count). The second-order valence-corrected chi connectivity index (χ2v) is 0.914. The molecule has 0 aliphatic rings.